The molecule has 0 N–H and O–H groups in total. The van der Waals surface area contributed by atoms with Gasteiger partial charge in [-0.05, 0) is 43.0 Å². The van der Waals surface area contributed by atoms with Gasteiger partial charge in [0.15, 0.2) is 0 Å². The highest BCUT2D eigenvalue weighted by molar-refractivity contribution is 7.81. The lowest BCUT2D eigenvalue weighted by atomic mass is 9.72. The zero-order chi connectivity index (χ0) is 17.3. The molecular formula is C10H11BF4N3O3S-. The molecule has 0 aliphatic heterocycles. The zero-order valence-corrected chi connectivity index (χ0v) is 12.6. The van der Waals surface area contributed by atoms with Crippen LogP contribution in [0.3, 0.4) is 0 Å². The third-order valence-corrected chi connectivity index (χ3v) is 3.56. The normalized spacial score (nSPS) is 12.0. The highest BCUT2D eigenvalue weighted by Crippen LogP contribution is 2.32. The van der Waals surface area contributed by atoms with Crippen LogP contribution >= 0.6 is 0 Å². The van der Waals surface area contributed by atoms with Gasteiger partial charge in [-0.25, -0.2) is 0 Å². The first-order chi connectivity index (χ1) is 9.90. The molecule has 6 nitrogen and oxygen atoms in total. The lowest BCUT2D eigenvalue weighted by Crippen LogP contribution is -2.39. The molecule has 0 unspecified atom stereocenters. The van der Waals surface area contributed by atoms with E-state index < -0.39 is 40.8 Å². The lowest BCUT2D eigenvalue weighted by Gasteiger charge is -2.26. The maximum absolute atomic E-state index is 13.2. The first-order valence-electron chi connectivity index (χ1n) is 5.87. The topological polar surface area (TPSA) is 92.1 Å². The van der Waals surface area contributed by atoms with Crippen LogP contribution in [0.4, 0.5) is 16.8 Å². The second kappa shape index (κ2) is 6.05. The minimum Gasteiger partial charge on any atom is -0.445 e. The van der Waals surface area contributed by atoms with E-state index in [9.17, 15) is 25.3 Å². The summed E-state index contributed by atoms with van der Waals surface area (Å²) in [6, 6.07) is 0. The fourth-order valence-corrected chi connectivity index (χ4v) is 2.77. The number of azide groups is 1. The number of nitrogens with zero attached hydrogens (tertiary/aromatic N) is 3. The van der Waals surface area contributed by atoms with Crippen molar-refractivity contribution in [2.75, 3.05) is 0 Å². The average molecular weight is 340 g/mol. The summed E-state index contributed by atoms with van der Waals surface area (Å²) in [5.74, 6) is -0.745. The maximum Gasteiger partial charge on any atom is 0.510 e. The van der Waals surface area contributed by atoms with Gasteiger partial charge in [-0.15, -0.1) is 0 Å². The SMILES string of the molecule is Cc1c(CN=[N+]=[N-])c(C)c([B-](F)(F)F)c(C)c1OS(=O)(=O)F. The van der Waals surface area contributed by atoms with Gasteiger partial charge < -0.3 is 17.1 Å². The molecule has 1 rings (SSSR count). The number of rotatable bonds is 5. The fraction of sp³-hybridized carbons (Fsp3) is 0.400. The van der Waals surface area contributed by atoms with Gasteiger partial charge in [-0.3, -0.25) is 0 Å². The van der Waals surface area contributed by atoms with Crippen molar-refractivity contribution in [1.29, 1.82) is 0 Å². The van der Waals surface area contributed by atoms with Crippen LogP contribution in [0, 0.1) is 20.8 Å². The van der Waals surface area contributed by atoms with E-state index in [-0.39, 0.29) is 16.7 Å². The first kappa shape index (κ1) is 18.1. The van der Waals surface area contributed by atoms with E-state index >= 15 is 0 Å². The highest BCUT2D eigenvalue weighted by atomic mass is 32.3. The molecule has 0 aliphatic carbocycles. The Bertz CT molecular complexity index is 758. The smallest absolute Gasteiger partial charge is 0.445 e. The van der Waals surface area contributed by atoms with E-state index in [0.29, 0.717) is 0 Å². The highest BCUT2D eigenvalue weighted by Gasteiger charge is 2.33. The third kappa shape index (κ3) is 3.83. The summed E-state index contributed by atoms with van der Waals surface area (Å²) in [6.07, 6.45) is 0. The van der Waals surface area contributed by atoms with Gasteiger partial charge >= 0.3 is 17.5 Å². The molecule has 1 aromatic carbocycles. The zero-order valence-electron chi connectivity index (χ0n) is 11.8. The van der Waals surface area contributed by atoms with Crippen LogP contribution < -0.4 is 9.65 Å². The van der Waals surface area contributed by atoms with Crippen LogP contribution in [0.1, 0.15) is 22.3 Å². The number of halogens is 4. The van der Waals surface area contributed by atoms with Crippen molar-refractivity contribution >= 4 is 22.9 Å². The Morgan fingerprint density at radius 2 is 1.73 bits per heavy atom. The molecule has 0 heterocycles. The van der Waals surface area contributed by atoms with E-state index in [1.807, 2.05) is 0 Å². The van der Waals surface area contributed by atoms with Crippen LogP contribution in [0.25, 0.3) is 10.4 Å². The van der Waals surface area contributed by atoms with Crippen LogP contribution in [-0.4, -0.2) is 15.4 Å². The van der Waals surface area contributed by atoms with Crippen molar-refractivity contribution < 1.29 is 29.4 Å². The van der Waals surface area contributed by atoms with Crippen molar-refractivity contribution in [3.63, 3.8) is 0 Å². The minimum absolute atomic E-state index is 0.0348. The molecule has 1 aromatic rings. The molecule has 12 heteroatoms. The Morgan fingerprint density at radius 1 is 1.18 bits per heavy atom. The summed E-state index contributed by atoms with van der Waals surface area (Å²) in [5.41, 5.74) is 6.37. The standard InChI is InChI=1S/C10H11BF4N3O3S/c1-5-8(4-17-18-16)6(2)10(21-22(15,19)20)7(3)9(5)11(12,13)14/h4H2,1-3H3/q-1. The summed E-state index contributed by atoms with van der Waals surface area (Å²) in [4.78, 5) is 2.45. The monoisotopic (exact) mass is 340 g/mol. The van der Waals surface area contributed by atoms with E-state index in [2.05, 4.69) is 14.2 Å². The molecular weight excluding hydrogens is 329 g/mol. The summed E-state index contributed by atoms with van der Waals surface area (Å²) >= 11 is 0. The Labute approximate surface area is 124 Å². The molecule has 0 amide bonds. The van der Waals surface area contributed by atoms with Crippen molar-refractivity contribution in [2.24, 2.45) is 5.11 Å². The molecule has 0 bridgehead atoms. The van der Waals surface area contributed by atoms with E-state index in [1.165, 1.54) is 13.8 Å². The average Bonchev–Trinajstić information content (AvgIpc) is 2.31. The molecule has 22 heavy (non-hydrogen) atoms. The lowest BCUT2D eigenvalue weighted by molar-refractivity contribution is 0.436. The van der Waals surface area contributed by atoms with Gasteiger partial charge in [-0.1, -0.05) is 20.0 Å². The molecule has 122 valence electrons. The van der Waals surface area contributed by atoms with Crippen LogP contribution in [0.15, 0.2) is 5.11 Å². The van der Waals surface area contributed by atoms with E-state index in [1.54, 1.807) is 0 Å². The Morgan fingerprint density at radius 3 is 2.14 bits per heavy atom. The predicted molar refractivity (Wildman–Crippen MR) is 72.9 cm³/mol. The van der Waals surface area contributed by atoms with E-state index in [0.717, 1.165) is 6.92 Å². The molecule has 0 radical (unpaired) electrons. The Kier molecular flexibility index (Phi) is 4.98. The molecule has 0 saturated carbocycles. The molecule has 0 aliphatic rings. The van der Waals surface area contributed by atoms with Crippen LogP contribution in [0.5, 0.6) is 5.75 Å². The van der Waals surface area contributed by atoms with Crippen molar-refractivity contribution in [3.05, 3.63) is 32.7 Å². The van der Waals surface area contributed by atoms with E-state index in [4.69, 9.17) is 5.53 Å². The van der Waals surface area contributed by atoms with Crippen LogP contribution in [-0.2, 0) is 17.0 Å². The number of hydrogen-bond donors (Lipinski definition) is 0. The quantitative estimate of drug-likeness (QED) is 0.206. The number of benzene rings is 1. The summed E-state index contributed by atoms with van der Waals surface area (Å²) in [7, 11) is -5.50. The third-order valence-electron chi connectivity index (χ3n) is 3.20. The molecule has 0 saturated heterocycles. The van der Waals surface area contributed by atoms with Gasteiger partial charge in [0.05, 0.1) is 6.54 Å². The predicted octanol–water partition coefficient (Wildman–Crippen LogP) is 3.07. The van der Waals surface area contributed by atoms with Crippen molar-refractivity contribution in [3.8, 4) is 5.75 Å². The molecule has 0 fully saturated rings. The number of hydrogen-bond acceptors (Lipinski definition) is 4. The van der Waals surface area contributed by atoms with Gasteiger partial charge in [-0.2, -0.15) is 8.42 Å². The van der Waals surface area contributed by atoms with Gasteiger partial charge in [0.1, 0.15) is 5.75 Å². The first-order valence-corrected chi connectivity index (χ1v) is 7.18. The van der Waals surface area contributed by atoms with Gasteiger partial charge in [0.2, 0.25) is 0 Å². The van der Waals surface area contributed by atoms with Gasteiger partial charge in [0, 0.05) is 4.91 Å². The summed E-state index contributed by atoms with van der Waals surface area (Å²) in [5, 5.41) is 3.18. The summed E-state index contributed by atoms with van der Waals surface area (Å²) in [6.45, 7) is -2.54. The Balaban J connectivity index is 3.81. The summed E-state index contributed by atoms with van der Waals surface area (Å²) < 4.78 is 77.7. The second-order valence-corrected chi connectivity index (χ2v) is 5.49. The van der Waals surface area contributed by atoms with Crippen LogP contribution in [0.2, 0.25) is 0 Å². The fourth-order valence-electron chi connectivity index (χ4n) is 2.32. The molecule has 0 spiro atoms. The minimum atomic E-state index is -5.51. The Hall–Kier alpha value is -1.94. The maximum atomic E-state index is 13.2. The van der Waals surface area contributed by atoms with Crippen molar-refractivity contribution in [1.82, 2.24) is 0 Å². The van der Waals surface area contributed by atoms with Gasteiger partial charge in [0.25, 0.3) is 0 Å². The molecule has 0 aromatic heterocycles. The largest absolute Gasteiger partial charge is 0.510 e. The second-order valence-electron chi connectivity index (χ2n) is 4.54. The molecule has 0 atom stereocenters. The van der Waals surface area contributed by atoms with Crippen molar-refractivity contribution in [2.45, 2.75) is 27.3 Å².